The van der Waals surface area contributed by atoms with Gasteiger partial charge in [-0.3, -0.25) is 4.79 Å². The van der Waals surface area contributed by atoms with E-state index in [0.29, 0.717) is 33.7 Å². The second kappa shape index (κ2) is 10.2. The zero-order chi connectivity index (χ0) is 26.9. The van der Waals surface area contributed by atoms with Crippen LogP contribution in [0.5, 0.6) is 17.2 Å². The number of nitrogens with one attached hydrogen (secondary N) is 1. The van der Waals surface area contributed by atoms with Crippen LogP contribution in [0.4, 0.5) is 0 Å². The number of aromatic nitrogens is 1. The predicted molar refractivity (Wildman–Crippen MR) is 138 cm³/mol. The van der Waals surface area contributed by atoms with E-state index >= 15 is 0 Å². The van der Waals surface area contributed by atoms with Gasteiger partial charge in [0, 0.05) is 24.7 Å². The second-order valence-corrected chi connectivity index (χ2v) is 10.5. The lowest BCUT2D eigenvalue weighted by molar-refractivity contribution is 0.0600. The van der Waals surface area contributed by atoms with Gasteiger partial charge in [-0.05, 0) is 59.5 Å². The Morgan fingerprint density at radius 1 is 0.974 bits per heavy atom. The van der Waals surface area contributed by atoms with E-state index in [4.69, 9.17) is 18.9 Å². The number of carbonyl (C=O) groups excluding carboxylic acids is 1. The van der Waals surface area contributed by atoms with Crippen LogP contribution in [0.25, 0.3) is 10.9 Å². The van der Waals surface area contributed by atoms with Gasteiger partial charge in [-0.1, -0.05) is 12.1 Å². The van der Waals surface area contributed by atoms with E-state index in [-0.39, 0.29) is 35.9 Å². The van der Waals surface area contributed by atoms with Crippen molar-refractivity contribution in [1.29, 1.82) is 0 Å². The molecule has 10 nitrogen and oxygen atoms in total. The Kier molecular flexibility index (Phi) is 6.79. The van der Waals surface area contributed by atoms with Crippen LogP contribution in [0.15, 0.2) is 76.4 Å². The van der Waals surface area contributed by atoms with E-state index in [9.17, 15) is 18.0 Å². The SMILES string of the molecule is COC(=O)c1cccc(S(=O)(=O)N(Cc2ccc3c(c2)OCO3)Cc2cc3ccc(OC)cc3[nH]c2=O)c1. The third kappa shape index (κ3) is 4.93. The maximum absolute atomic E-state index is 13.9. The summed E-state index contributed by atoms with van der Waals surface area (Å²) >= 11 is 0. The molecule has 0 saturated carbocycles. The molecule has 0 amide bonds. The minimum atomic E-state index is -4.18. The Labute approximate surface area is 218 Å². The van der Waals surface area contributed by atoms with Crippen molar-refractivity contribution < 1.29 is 32.2 Å². The summed E-state index contributed by atoms with van der Waals surface area (Å²) in [5.74, 6) is 0.990. The molecule has 1 aliphatic rings. The van der Waals surface area contributed by atoms with Gasteiger partial charge in [0.15, 0.2) is 11.5 Å². The van der Waals surface area contributed by atoms with E-state index in [1.165, 1.54) is 42.8 Å². The fourth-order valence-corrected chi connectivity index (χ4v) is 5.63. The van der Waals surface area contributed by atoms with Crippen LogP contribution in [-0.2, 0) is 27.8 Å². The number of hydrogen-bond acceptors (Lipinski definition) is 8. The molecule has 0 unspecified atom stereocenters. The van der Waals surface area contributed by atoms with E-state index in [1.807, 2.05) is 0 Å². The second-order valence-electron chi connectivity index (χ2n) is 8.56. The highest BCUT2D eigenvalue weighted by Gasteiger charge is 2.28. The maximum Gasteiger partial charge on any atom is 0.337 e. The average molecular weight is 537 g/mol. The lowest BCUT2D eigenvalue weighted by Gasteiger charge is -2.23. The summed E-state index contributed by atoms with van der Waals surface area (Å²) in [6.45, 7) is -0.212. The summed E-state index contributed by atoms with van der Waals surface area (Å²) in [6.07, 6.45) is 0. The average Bonchev–Trinajstić information content (AvgIpc) is 3.40. The Bertz CT molecular complexity index is 1700. The first kappa shape index (κ1) is 25.3. The number of nitrogens with zero attached hydrogens (tertiary/aromatic N) is 1. The van der Waals surface area contributed by atoms with Crippen molar-refractivity contribution in [3.8, 4) is 17.2 Å². The fraction of sp³-hybridized carbons (Fsp3) is 0.185. The largest absolute Gasteiger partial charge is 0.497 e. The first-order valence-corrected chi connectivity index (χ1v) is 13.0. The minimum Gasteiger partial charge on any atom is -0.497 e. The van der Waals surface area contributed by atoms with E-state index in [0.717, 1.165) is 0 Å². The molecule has 38 heavy (non-hydrogen) atoms. The minimum absolute atomic E-state index is 0.0679. The summed E-state index contributed by atoms with van der Waals surface area (Å²) in [5, 5.41) is 0.716. The van der Waals surface area contributed by atoms with Gasteiger partial charge >= 0.3 is 5.97 Å². The van der Waals surface area contributed by atoms with Gasteiger partial charge in [-0.15, -0.1) is 0 Å². The number of H-pyrrole nitrogens is 1. The van der Waals surface area contributed by atoms with Gasteiger partial charge in [-0.25, -0.2) is 13.2 Å². The van der Waals surface area contributed by atoms with Crippen molar-refractivity contribution in [2.45, 2.75) is 18.0 Å². The number of esters is 1. The molecule has 2 heterocycles. The quantitative estimate of drug-likeness (QED) is 0.340. The molecule has 0 atom stereocenters. The molecule has 0 saturated heterocycles. The Hall–Kier alpha value is -4.35. The van der Waals surface area contributed by atoms with Gasteiger partial charge in [0.1, 0.15) is 5.75 Å². The van der Waals surface area contributed by atoms with Gasteiger partial charge < -0.3 is 23.9 Å². The van der Waals surface area contributed by atoms with Crippen LogP contribution in [0.3, 0.4) is 0 Å². The van der Waals surface area contributed by atoms with E-state index in [1.54, 1.807) is 42.5 Å². The first-order chi connectivity index (χ1) is 18.3. The molecule has 3 aromatic carbocycles. The van der Waals surface area contributed by atoms with E-state index < -0.39 is 21.6 Å². The summed E-state index contributed by atoms with van der Waals surface area (Å²) < 4.78 is 49.7. The summed E-state index contributed by atoms with van der Waals surface area (Å²) in [7, 11) is -1.43. The van der Waals surface area contributed by atoms with Gasteiger partial charge in [0.2, 0.25) is 16.8 Å². The number of hydrogen-bond donors (Lipinski definition) is 1. The number of carbonyl (C=O) groups is 1. The fourth-order valence-electron chi connectivity index (χ4n) is 4.18. The molecule has 4 aromatic rings. The third-order valence-electron chi connectivity index (χ3n) is 6.17. The number of pyridine rings is 1. The van der Waals surface area contributed by atoms with Gasteiger partial charge in [-0.2, -0.15) is 4.31 Å². The summed E-state index contributed by atoms with van der Waals surface area (Å²) in [4.78, 5) is 27.8. The van der Waals surface area contributed by atoms with Crippen molar-refractivity contribution in [3.05, 3.63) is 93.8 Å². The zero-order valence-electron chi connectivity index (χ0n) is 20.6. The molecule has 0 radical (unpaired) electrons. The Balaban J connectivity index is 1.56. The number of benzene rings is 3. The highest BCUT2D eigenvalue weighted by molar-refractivity contribution is 7.89. The van der Waals surface area contributed by atoms with Crippen LogP contribution in [0.2, 0.25) is 0 Å². The number of rotatable bonds is 8. The van der Waals surface area contributed by atoms with Crippen molar-refractivity contribution in [3.63, 3.8) is 0 Å². The van der Waals surface area contributed by atoms with Crippen molar-refractivity contribution in [2.24, 2.45) is 0 Å². The number of fused-ring (bicyclic) bond motifs is 2. The summed E-state index contributed by atoms with van der Waals surface area (Å²) in [5.41, 5.74) is 1.10. The van der Waals surface area contributed by atoms with Crippen molar-refractivity contribution in [2.75, 3.05) is 21.0 Å². The number of sulfonamides is 1. The van der Waals surface area contributed by atoms with Crippen LogP contribution in [-0.4, -0.2) is 44.7 Å². The molecule has 1 N–H and O–H groups in total. The lowest BCUT2D eigenvalue weighted by Crippen LogP contribution is -2.32. The highest BCUT2D eigenvalue weighted by atomic mass is 32.2. The molecule has 1 aromatic heterocycles. The van der Waals surface area contributed by atoms with Crippen molar-refractivity contribution >= 4 is 26.9 Å². The number of aromatic amines is 1. The predicted octanol–water partition coefficient (Wildman–Crippen LogP) is 3.44. The summed E-state index contributed by atoms with van der Waals surface area (Å²) in [6, 6.07) is 17.6. The molecule has 0 fully saturated rings. The maximum atomic E-state index is 13.9. The molecule has 196 valence electrons. The molecular weight excluding hydrogens is 512 g/mol. The topological polar surface area (TPSA) is 124 Å². The van der Waals surface area contributed by atoms with Gasteiger partial charge in [0.05, 0.1) is 30.2 Å². The molecule has 0 aliphatic carbocycles. The smallest absolute Gasteiger partial charge is 0.337 e. The van der Waals surface area contributed by atoms with Crippen LogP contribution in [0, 0.1) is 0 Å². The monoisotopic (exact) mass is 536 g/mol. The van der Waals surface area contributed by atoms with Crippen LogP contribution >= 0.6 is 0 Å². The number of methoxy groups -OCH3 is 2. The van der Waals surface area contributed by atoms with Crippen LogP contribution in [0.1, 0.15) is 21.5 Å². The first-order valence-electron chi connectivity index (χ1n) is 11.6. The number of ether oxygens (including phenoxy) is 4. The Morgan fingerprint density at radius 3 is 2.58 bits per heavy atom. The molecule has 11 heteroatoms. The lowest BCUT2D eigenvalue weighted by atomic mass is 10.1. The van der Waals surface area contributed by atoms with Crippen molar-refractivity contribution in [1.82, 2.24) is 9.29 Å². The normalized spacial score (nSPS) is 12.6. The highest BCUT2D eigenvalue weighted by Crippen LogP contribution is 2.33. The van der Waals surface area contributed by atoms with Gasteiger partial charge in [0.25, 0.3) is 5.56 Å². The molecule has 1 aliphatic heterocycles. The third-order valence-corrected chi connectivity index (χ3v) is 7.95. The Morgan fingerprint density at radius 2 is 1.79 bits per heavy atom. The van der Waals surface area contributed by atoms with E-state index in [2.05, 4.69) is 4.98 Å². The molecule has 0 spiro atoms. The van der Waals surface area contributed by atoms with Crippen LogP contribution < -0.4 is 19.8 Å². The standard InChI is InChI=1S/C27H24N2O8S/c1-34-21-8-7-18-11-20(26(30)28-23(18)13-21)15-29(14-17-6-9-24-25(10-17)37-16-36-24)38(32,33)22-5-3-4-19(12-22)27(31)35-2/h3-13H,14-16H2,1-2H3,(H,28,30). The molecule has 0 bridgehead atoms. The zero-order valence-corrected chi connectivity index (χ0v) is 21.4. The molecular formula is C27H24N2O8S. The molecule has 5 rings (SSSR count).